The number of anilines is 1. The van der Waals surface area contributed by atoms with Crippen LogP contribution in [0.3, 0.4) is 0 Å². The summed E-state index contributed by atoms with van der Waals surface area (Å²) in [6.07, 6.45) is 8.21. The fourth-order valence-corrected chi connectivity index (χ4v) is 4.82. The number of aromatic amines is 1. The summed E-state index contributed by atoms with van der Waals surface area (Å²) in [5.74, 6) is 0.574. The Hall–Kier alpha value is -1.66. The number of nitrogens with one attached hydrogen (secondary N) is 2. The summed E-state index contributed by atoms with van der Waals surface area (Å²) in [6.45, 7) is 4.37. The maximum absolute atomic E-state index is 13.6. The van der Waals surface area contributed by atoms with Crippen molar-refractivity contribution in [2.45, 2.75) is 44.6 Å². The van der Waals surface area contributed by atoms with Crippen LogP contribution in [0.1, 0.15) is 37.7 Å². The predicted octanol–water partition coefficient (Wildman–Crippen LogP) is 1.12. The van der Waals surface area contributed by atoms with Crippen LogP contribution in [0.5, 0.6) is 0 Å². The monoisotopic (exact) mass is 344 g/mol. The van der Waals surface area contributed by atoms with Gasteiger partial charge in [-0.2, -0.15) is 0 Å². The van der Waals surface area contributed by atoms with Crippen molar-refractivity contribution in [1.82, 2.24) is 15.2 Å². The largest absolute Gasteiger partial charge is 0.327 e. The van der Waals surface area contributed by atoms with Gasteiger partial charge in [-0.15, -0.1) is 0 Å². The lowest BCUT2D eigenvalue weighted by Gasteiger charge is -2.40. The number of fused-ring (bicyclic) bond motifs is 1. The van der Waals surface area contributed by atoms with Crippen LogP contribution in [0.25, 0.3) is 0 Å². The minimum Gasteiger partial charge on any atom is -0.327 e. The molecule has 1 amide bonds. The molecule has 0 spiro atoms. The van der Waals surface area contributed by atoms with Gasteiger partial charge in [-0.3, -0.25) is 14.5 Å². The molecule has 1 aromatic heterocycles. The molecule has 1 unspecified atom stereocenters. The first-order valence-electron chi connectivity index (χ1n) is 9.72. The van der Waals surface area contributed by atoms with E-state index in [1.54, 1.807) is 11.1 Å². The molecule has 25 heavy (non-hydrogen) atoms. The maximum atomic E-state index is 13.6. The number of piperazine rings is 1. The summed E-state index contributed by atoms with van der Waals surface area (Å²) in [6, 6.07) is 1.88. The van der Waals surface area contributed by atoms with Gasteiger partial charge < -0.3 is 15.2 Å². The fraction of sp³-hybridized carbons (Fsp3) is 0.684. The first-order valence-corrected chi connectivity index (χ1v) is 9.72. The van der Waals surface area contributed by atoms with Crippen molar-refractivity contribution < 1.29 is 4.79 Å². The Bertz CT molecular complexity index is 674. The van der Waals surface area contributed by atoms with Crippen molar-refractivity contribution in [2.24, 2.45) is 5.92 Å². The molecule has 0 bridgehead atoms. The van der Waals surface area contributed by atoms with E-state index < -0.39 is 0 Å². The van der Waals surface area contributed by atoms with Crippen LogP contribution in [0, 0.1) is 5.92 Å². The summed E-state index contributed by atoms with van der Waals surface area (Å²) in [7, 11) is 0. The Morgan fingerprint density at radius 2 is 1.88 bits per heavy atom. The predicted molar refractivity (Wildman–Crippen MR) is 97.9 cm³/mol. The molecule has 1 saturated heterocycles. The molecule has 2 N–H and O–H groups in total. The minimum atomic E-state index is -0.129. The normalized spacial score (nSPS) is 23.4. The molecular formula is C19H28N4O2. The summed E-state index contributed by atoms with van der Waals surface area (Å²) in [5, 5.41) is 3.38. The Morgan fingerprint density at radius 1 is 1.12 bits per heavy atom. The molecule has 0 aromatic carbocycles. The van der Waals surface area contributed by atoms with Crippen molar-refractivity contribution in [3.63, 3.8) is 0 Å². The highest BCUT2D eigenvalue weighted by atomic mass is 16.2. The minimum absolute atomic E-state index is 0.0739. The van der Waals surface area contributed by atoms with Gasteiger partial charge in [0.15, 0.2) is 0 Å². The highest BCUT2D eigenvalue weighted by Gasteiger charge is 2.40. The third kappa shape index (κ3) is 3.25. The topological polar surface area (TPSA) is 68.4 Å². The lowest BCUT2D eigenvalue weighted by Crippen LogP contribution is -2.58. The average Bonchev–Trinajstić information content (AvgIpc) is 3.17. The van der Waals surface area contributed by atoms with E-state index in [2.05, 4.69) is 15.2 Å². The molecule has 1 aromatic rings. The van der Waals surface area contributed by atoms with Crippen LogP contribution in [0.15, 0.2) is 17.1 Å². The zero-order valence-electron chi connectivity index (χ0n) is 14.8. The van der Waals surface area contributed by atoms with Crippen LogP contribution in [0.4, 0.5) is 5.69 Å². The van der Waals surface area contributed by atoms with E-state index in [-0.39, 0.29) is 17.5 Å². The van der Waals surface area contributed by atoms with Crippen molar-refractivity contribution in [3.8, 4) is 0 Å². The molecule has 1 saturated carbocycles. The van der Waals surface area contributed by atoms with Crippen LogP contribution in [-0.4, -0.2) is 54.6 Å². The number of carbonyl (C=O) groups is 1. The molecule has 3 aliphatic rings. The second-order valence-electron chi connectivity index (χ2n) is 7.55. The van der Waals surface area contributed by atoms with Crippen molar-refractivity contribution in [3.05, 3.63) is 28.2 Å². The van der Waals surface area contributed by atoms with Gasteiger partial charge in [0, 0.05) is 38.9 Å². The smallest absolute Gasteiger partial charge is 0.272 e. The van der Waals surface area contributed by atoms with E-state index in [1.165, 1.54) is 12.8 Å². The zero-order valence-corrected chi connectivity index (χ0v) is 14.8. The number of carbonyl (C=O) groups excluding carboxylic acids is 1. The first-order chi connectivity index (χ1) is 12.3. The number of rotatable bonds is 3. The third-order valence-corrected chi connectivity index (χ3v) is 6.03. The lowest BCUT2D eigenvalue weighted by molar-refractivity contribution is -0.126. The number of H-pyrrole nitrogens is 1. The molecule has 2 aliphatic heterocycles. The van der Waals surface area contributed by atoms with Gasteiger partial charge in [0.25, 0.3) is 5.56 Å². The Balaban J connectivity index is 1.66. The van der Waals surface area contributed by atoms with Gasteiger partial charge in [-0.05, 0) is 43.2 Å². The average molecular weight is 344 g/mol. The van der Waals surface area contributed by atoms with E-state index in [1.807, 2.05) is 6.07 Å². The first kappa shape index (κ1) is 16.8. The van der Waals surface area contributed by atoms with E-state index in [0.717, 1.165) is 57.4 Å². The number of amides is 1. The molecule has 2 fully saturated rings. The molecule has 0 radical (unpaired) electrons. The molecule has 1 aliphatic carbocycles. The molecule has 136 valence electrons. The van der Waals surface area contributed by atoms with E-state index >= 15 is 0 Å². The Labute approximate surface area is 148 Å². The fourth-order valence-electron chi connectivity index (χ4n) is 4.82. The number of nitrogens with zero attached hydrogens (tertiary/aromatic N) is 2. The number of pyridine rings is 1. The van der Waals surface area contributed by atoms with Crippen LogP contribution in [0.2, 0.25) is 0 Å². The number of aromatic nitrogens is 1. The summed E-state index contributed by atoms with van der Waals surface area (Å²) in [5.41, 5.74) is 1.47. The number of aryl methyl sites for hydroxylation is 1. The standard InChI is InChI=1S/C19H28N4O2/c24-18-16-15(7-8-21-18)6-3-11-23(16)19(25)17(14-4-1-2-5-14)22-12-9-20-10-13-22/h7-8,14,17,20H,1-6,9-13H2,(H,21,24). The van der Waals surface area contributed by atoms with Crippen molar-refractivity contribution in [1.29, 1.82) is 0 Å². The molecule has 6 nitrogen and oxygen atoms in total. The van der Waals surface area contributed by atoms with Crippen molar-refractivity contribution in [2.75, 3.05) is 37.6 Å². The molecule has 1 atom stereocenters. The van der Waals surface area contributed by atoms with Gasteiger partial charge in [-0.25, -0.2) is 0 Å². The van der Waals surface area contributed by atoms with Gasteiger partial charge >= 0.3 is 0 Å². The number of hydrogen-bond donors (Lipinski definition) is 2. The van der Waals surface area contributed by atoms with Crippen LogP contribution >= 0.6 is 0 Å². The quantitative estimate of drug-likeness (QED) is 0.862. The molecule has 4 rings (SSSR count). The highest BCUT2D eigenvalue weighted by molar-refractivity contribution is 5.98. The SMILES string of the molecule is O=C(C(C1CCCC1)N1CCNCC1)N1CCCc2cc[nH]c(=O)c21. The Morgan fingerprint density at radius 3 is 2.64 bits per heavy atom. The Kier molecular flexibility index (Phi) is 4.90. The van der Waals surface area contributed by atoms with Gasteiger partial charge in [-0.1, -0.05) is 12.8 Å². The summed E-state index contributed by atoms with van der Waals surface area (Å²) in [4.78, 5) is 33.0. The van der Waals surface area contributed by atoms with E-state index in [0.29, 0.717) is 18.2 Å². The third-order valence-electron chi connectivity index (χ3n) is 6.03. The second-order valence-corrected chi connectivity index (χ2v) is 7.55. The lowest BCUT2D eigenvalue weighted by atomic mass is 9.93. The number of hydrogen-bond acceptors (Lipinski definition) is 4. The van der Waals surface area contributed by atoms with Crippen LogP contribution in [-0.2, 0) is 11.2 Å². The zero-order chi connectivity index (χ0) is 17.2. The molecular weight excluding hydrogens is 316 g/mol. The molecule has 3 heterocycles. The maximum Gasteiger partial charge on any atom is 0.272 e. The van der Waals surface area contributed by atoms with E-state index in [4.69, 9.17) is 0 Å². The summed E-state index contributed by atoms with van der Waals surface area (Å²) >= 11 is 0. The second kappa shape index (κ2) is 7.30. The van der Waals surface area contributed by atoms with Gasteiger partial charge in [0.2, 0.25) is 5.91 Å². The highest BCUT2D eigenvalue weighted by Crippen LogP contribution is 2.33. The van der Waals surface area contributed by atoms with Gasteiger partial charge in [0.1, 0.15) is 5.69 Å². The van der Waals surface area contributed by atoms with Crippen LogP contribution < -0.4 is 15.8 Å². The summed E-state index contributed by atoms with van der Waals surface area (Å²) < 4.78 is 0. The van der Waals surface area contributed by atoms with Crippen molar-refractivity contribution >= 4 is 11.6 Å². The van der Waals surface area contributed by atoms with E-state index in [9.17, 15) is 9.59 Å². The molecule has 6 heteroatoms. The van der Waals surface area contributed by atoms with Gasteiger partial charge in [0.05, 0.1) is 6.04 Å².